The predicted molar refractivity (Wildman–Crippen MR) is 117 cm³/mol. The monoisotopic (exact) mass is 517 g/mol. The highest BCUT2D eigenvalue weighted by Gasteiger charge is 2.29. The van der Waals surface area contributed by atoms with Crippen LogP contribution in [-0.2, 0) is 20.7 Å². The number of ether oxygens (including phenoxy) is 3. The van der Waals surface area contributed by atoms with E-state index in [9.17, 15) is 36.3 Å². The van der Waals surface area contributed by atoms with E-state index < -0.39 is 69.6 Å². The number of anilines is 1. The fourth-order valence-electron chi connectivity index (χ4n) is 2.75. The second-order valence-electron chi connectivity index (χ2n) is 9.55. The van der Waals surface area contributed by atoms with Gasteiger partial charge in [-0.3, -0.25) is 10.1 Å². The predicted octanol–water partition coefficient (Wildman–Crippen LogP) is 5.83. The van der Waals surface area contributed by atoms with Gasteiger partial charge < -0.3 is 14.2 Å². The van der Waals surface area contributed by atoms with E-state index in [1.807, 2.05) is 0 Å². The smallest absolute Gasteiger partial charge is 0.412 e. The van der Waals surface area contributed by atoms with Gasteiger partial charge in [0.2, 0.25) is 34.8 Å². The zero-order valence-corrected chi connectivity index (χ0v) is 20.3. The van der Waals surface area contributed by atoms with Gasteiger partial charge in [0.15, 0.2) is 0 Å². The normalized spacial score (nSPS) is 11.6. The number of amides is 1. The molecule has 0 aliphatic heterocycles. The second kappa shape index (κ2) is 10.5. The minimum Gasteiger partial charge on any atom is -0.460 e. The van der Waals surface area contributed by atoms with Crippen molar-refractivity contribution in [3.63, 3.8) is 0 Å². The maximum absolute atomic E-state index is 13.9. The average molecular weight is 517 g/mol. The van der Waals surface area contributed by atoms with E-state index in [1.165, 1.54) is 6.07 Å². The van der Waals surface area contributed by atoms with E-state index >= 15 is 0 Å². The lowest BCUT2D eigenvalue weighted by Gasteiger charge is -2.22. The molecule has 196 valence electrons. The van der Waals surface area contributed by atoms with Crippen LogP contribution in [0.4, 0.5) is 32.4 Å². The molecular formula is C24H24F5NO6. The van der Waals surface area contributed by atoms with E-state index in [0.29, 0.717) is 0 Å². The van der Waals surface area contributed by atoms with Crippen molar-refractivity contribution in [3.8, 4) is 5.75 Å². The third-order valence-electron chi connectivity index (χ3n) is 4.10. The molecule has 12 heteroatoms. The number of hydrogen-bond acceptors (Lipinski definition) is 6. The summed E-state index contributed by atoms with van der Waals surface area (Å²) in [4.78, 5) is 37.0. The first-order chi connectivity index (χ1) is 16.4. The summed E-state index contributed by atoms with van der Waals surface area (Å²) in [5, 5.41) is 2.35. The van der Waals surface area contributed by atoms with Crippen molar-refractivity contribution in [1.29, 1.82) is 0 Å². The van der Waals surface area contributed by atoms with E-state index in [1.54, 1.807) is 41.5 Å². The molecule has 0 aliphatic carbocycles. The summed E-state index contributed by atoms with van der Waals surface area (Å²) < 4.78 is 82.7. The SMILES string of the molecule is CC(C)(C)OC(=O)Cc1ccc(C(=O)Oc2c(F)c(F)c(F)c(F)c2F)cc1NC(=O)OC(C)(C)C. The van der Waals surface area contributed by atoms with Crippen molar-refractivity contribution in [2.24, 2.45) is 0 Å². The Hall–Kier alpha value is -3.70. The highest BCUT2D eigenvalue weighted by Crippen LogP contribution is 2.30. The Morgan fingerprint density at radius 2 is 1.28 bits per heavy atom. The van der Waals surface area contributed by atoms with Gasteiger partial charge in [-0.25, -0.2) is 22.8 Å². The minimum absolute atomic E-state index is 0.123. The summed E-state index contributed by atoms with van der Waals surface area (Å²) in [6, 6.07) is 3.26. The molecule has 0 aliphatic rings. The van der Waals surface area contributed by atoms with Crippen molar-refractivity contribution in [3.05, 3.63) is 58.4 Å². The van der Waals surface area contributed by atoms with Crippen LogP contribution in [-0.4, -0.2) is 29.2 Å². The van der Waals surface area contributed by atoms with E-state index in [0.717, 1.165) is 12.1 Å². The summed E-state index contributed by atoms with van der Waals surface area (Å²) in [6.07, 6.45) is -1.31. The third-order valence-corrected chi connectivity index (χ3v) is 4.10. The van der Waals surface area contributed by atoms with Gasteiger partial charge >= 0.3 is 18.0 Å². The summed E-state index contributed by atoms with van der Waals surface area (Å²) >= 11 is 0. The summed E-state index contributed by atoms with van der Waals surface area (Å²) in [5.74, 6) is -15.7. The molecule has 0 saturated carbocycles. The summed E-state index contributed by atoms with van der Waals surface area (Å²) in [6.45, 7) is 9.69. The molecule has 36 heavy (non-hydrogen) atoms. The lowest BCUT2D eigenvalue weighted by molar-refractivity contribution is -0.153. The first kappa shape index (κ1) is 28.5. The number of benzene rings is 2. The lowest BCUT2D eigenvalue weighted by Crippen LogP contribution is -2.28. The number of carbonyl (C=O) groups is 3. The Labute approximate surface area is 203 Å². The van der Waals surface area contributed by atoms with Crippen LogP contribution in [0.3, 0.4) is 0 Å². The molecule has 0 atom stereocenters. The maximum atomic E-state index is 13.9. The molecule has 0 bridgehead atoms. The number of esters is 2. The molecule has 1 N–H and O–H groups in total. The molecule has 0 unspecified atom stereocenters. The van der Waals surface area contributed by atoms with Crippen LogP contribution < -0.4 is 10.1 Å². The fourth-order valence-corrected chi connectivity index (χ4v) is 2.75. The van der Waals surface area contributed by atoms with E-state index in [-0.39, 0.29) is 17.7 Å². The summed E-state index contributed by atoms with van der Waals surface area (Å²) in [7, 11) is 0. The molecule has 7 nitrogen and oxygen atoms in total. The van der Waals surface area contributed by atoms with Gasteiger partial charge in [-0.15, -0.1) is 0 Å². The topological polar surface area (TPSA) is 90.9 Å². The zero-order valence-electron chi connectivity index (χ0n) is 20.3. The second-order valence-corrected chi connectivity index (χ2v) is 9.55. The van der Waals surface area contributed by atoms with Crippen molar-refractivity contribution in [2.75, 3.05) is 5.32 Å². The quantitative estimate of drug-likeness (QED) is 0.176. The van der Waals surface area contributed by atoms with E-state index in [2.05, 4.69) is 10.1 Å². The Bertz CT molecular complexity index is 1170. The Morgan fingerprint density at radius 1 is 0.778 bits per heavy atom. The highest BCUT2D eigenvalue weighted by molar-refractivity contribution is 5.95. The van der Waals surface area contributed by atoms with Crippen LogP contribution >= 0.6 is 0 Å². The molecule has 2 aromatic carbocycles. The molecule has 0 aromatic heterocycles. The molecule has 0 spiro atoms. The average Bonchev–Trinajstić information content (AvgIpc) is 2.72. The van der Waals surface area contributed by atoms with Gasteiger partial charge in [-0.05, 0) is 59.2 Å². The van der Waals surface area contributed by atoms with Crippen molar-refractivity contribution in [1.82, 2.24) is 0 Å². The molecule has 2 aromatic rings. The third kappa shape index (κ3) is 7.40. The summed E-state index contributed by atoms with van der Waals surface area (Å²) in [5.41, 5.74) is -2.12. The first-order valence-electron chi connectivity index (χ1n) is 10.5. The van der Waals surface area contributed by atoms with Gasteiger partial charge in [0, 0.05) is 5.69 Å². The van der Waals surface area contributed by atoms with Crippen LogP contribution in [0.15, 0.2) is 18.2 Å². The molecule has 0 heterocycles. The van der Waals surface area contributed by atoms with E-state index in [4.69, 9.17) is 9.47 Å². The number of nitrogens with one attached hydrogen (secondary N) is 1. The molecule has 0 fully saturated rings. The van der Waals surface area contributed by atoms with Gasteiger partial charge in [-0.1, -0.05) is 6.07 Å². The number of hydrogen-bond donors (Lipinski definition) is 1. The minimum atomic E-state index is -2.42. The zero-order chi connectivity index (χ0) is 27.6. The highest BCUT2D eigenvalue weighted by atomic mass is 19.2. The Morgan fingerprint density at radius 3 is 1.78 bits per heavy atom. The first-order valence-corrected chi connectivity index (χ1v) is 10.5. The fraction of sp³-hybridized carbons (Fsp3) is 0.375. The van der Waals surface area contributed by atoms with Crippen molar-refractivity contribution < 1.29 is 50.5 Å². The largest absolute Gasteiger partial charge is 0.460 e. The van der Waals surface area contributed by atoms with Crippen LogP contribution in [0.1, 0.15) is 57.5 Å². The standard InChI is InChI=1S/C24H24F5NO6/c1-23(2,3)35-14(31)10-11-7-8-12(9-13(11)30-22(33)36-24(4,5)6)21(32)34-20-18(28)16(26)15(25)17(27)19(20)29/h7-9H,10H2,1-6H3,(H,30,33). The van der Waals surface area contributed by atoms with Gasteiger partial charge in [0.05, 0.1) is 12.0 Å². The van der Waals surface area contributed by atoms with Gasteiger partial charge in [0.1, 0.15) is 11.2 Å². The Balaban J connectivity index is 2.42. The molecule has 0 saturated heterocycles. The molecule has 0 radical (unpaired) electrons. The van der Waals surface area contributed by atoms with Gasteiger partial charge in [-0.2, -0.15) is 8.78 Å². The molecule has 1 amide bonds. The number of carbonyl (C=O) groups excluding carboxylic acids is 3. The van der Waals surface area contributed by atoms with Crippen LogP contribution in [0.2, 0.25) is 0 Å². The van der Waals surface area contributed by atoms with Crippen molar-refractivity contribution >= 4 is 23.7 Å². The lowest BCUT2D eigenvalue weighted by atomic mass is 10.1. The number of halogens is 5. The number of rotatable bonds is 5. The van der Waals surface area contributed by atoms with Gasteiger partial charge in [0.25, 0.3) is 0 Å². The van der Waals surface area contributed by atoms with Crippen LogP contribution in [0, 0.1) is 29.1 Å². The molecule has 2 rings (SSSR count). The molecular weight excluding hydrogens is 493 g/mol. The van der Waals surface area contributed by atoms with Crippen LogP contribution in [0.25, 0.3) is 0 Å². The maximum Gasteiger partial charge on any atom is 0.412 e. The Kier molecular flexibility index (Phi) is 8.33. The van der Waals surface area contributed by atoms with Crippen molar-refractivity contribution in [2.45, 2.75) is 59.2 Å². The van der Waals surface area contributed by atoms with Crippen LogP contribution in [0.5, 0.6) is 5.75 Å².